The minimum atomic E-state index is -0.393. The second-order valence-electron chi connectivity index (χ2n) is 4.89. The van der Waals surface area contributed by atoms with Crippen LogP contribution >= 0.6 is 0 Å². The van der Waals surface area contributed by atoms with E-state index in [9.17, 15) is 4.79 Å². The van der Waals surface area contributed by atoms with Gasteiger partial charge in [0.05, 0.1) is 6.61 Å². The second-order valence-corrected chi connectivity index (χ2v) is 4.89. The third-order valence-corrected chi connectivity index (χ3v) is 2.37. The Morgan fingerprint density at radius 3 is 2.24 bits per heavy atom. The van der Waals surface area contributed by atoms with Gasteiger partial charge in [0.25, 0.3) is 0 Å². The molecule has 94 valence electrons. The van der Waals surface area contributed by atoms with E-state index in [1.807, 2.05) is 38.1 Å². The van der Waals surface area contributed by atoms with Crippen molar-refractivity contribution in [1.29, 1.82) is 0 Å². The first-order valence-corrected chi connectivity index (χ1v) is 6.02. The van der Waals surface area contributed by atoms with Crippen LogP contribution < -0.4 is 5.32 Å². The first-order chi connectivity index (χ1) is 7.99. The van der Waals surface area contributed by atoms with Crippen molar-refractivity contribution in [3.8, 4) is 0 Å². The largest absolute Gasteiger partial charge is 0.449 e. The zero-order valence-electron chi connectivity index (χ0n) is 11.0. The lowest BCUT2D eigenvalue weighted by Gasteiger charge is -2.10. The summed E-state index contributed by atoms with van der Waals surface area (Å²) in [5.41, 5.74) is 2.02. The predicted molar refractivity (Wildman–Crippen MR) is 70.3 cm³/mol. The monoisotopic (exact) mass is 235 g/mol. The van der Waals surface area contributed by atoms with E-state index in [0.717, 1.165) is 5.69 Å². The van der Waals surface area contributed by atoms with Gasteiger partial charge in [0.2, 0.25) is 0 Å². The molecule has 0 saturated heterocycles. The van der Waals surface area contributed by atoms with Gasteiger partial charge in [0.15, 0.2) is 0 Å². The summed E-state index contributed by atoms with van der Waals surface area (Å²) in [6.45, 7) is 8.73. The zero-order valence-corrected chi connectivity index (χ0v) is 11.0. The molecule has 0 aliphatic rings. The van der Waals surface area contributed by atoms with Gasteiger partial charge in [-0.1, -0.05) is 39.8 Å². The van der Waals surface area contributed by atoms with Crippen molar-refractivity contribution >= 4 is 11.8 Å². The number of hydrogen-bond acceptors (Lipinski definition) is 2. The summed E-state index contributed by atoms with van der Waals surface area (Å²) in [5.74, 6) is 0.848. The molecule has 3 heteroatoms. The van der Waals surface area contributed by atoms with Crippen LogP contribution in [0.4, 0.5) is 10.5 Å². The second kappa shape index (κ2) is 6.28. The maximum Gasteiger partial charge on any atom is 0.411 e. The normalized spacial score (nSPS) is 10.7. The average molecular weight is 235 g/mol. The van der Waals surface area contributed by atoms with E-state index in [1.165, 1.54) is 5.56 Å². The Labute approximate surface area is 103 Å². The molecule has 0 unspecified atom stereocenters. The van der Waals surface area contributed by atoms with Crippen molar-refractivity contribution in [2.45, 2.75) is 33.6 Å². The van der Waals surface area contributed by atoms with Crippen molar-refractivity contribution in [2.75, 3.05) is 11.9 Å². The molecule has 1 N–H and O–H groups in total. The Morgan fingerprint density at radius 1 is 1.18 bits per heavy atom. The number of anilines is 1. The highest BCUT2D eigenvalue weighted by molar-refractivity contribution is 5.84. The number of carbonyl (C=O) groups is 1. The molecular formula is C14H21NO2. The summed E-state index contributed by atoms with van der Waals surface area (Å²) in [6, 6.07) is 7.82. The highest BCUT2D eigenvalue weighted by atomic mass is 16.5. The lowest BCUT2D eigenvalue weighted by atomic mass is 10.0. The SMILES string of the molecule is CC(C)COC(=O)Nc1ccc(C(C)C)cc1. The van der Waals surface area contributed by atoms with Crippen molar-refractivity contribution in [3.05, 3.63) is 29.8 Å². The van der Waals surface area contributed by atoms with Gasteiger partial charge < -0.3 is 4.74 Å². The Balaban J connectivity index is 2.48. The topological polar surface area (TPSA) is 38.3 Å². The number of rotatable bonds is 4. The zero-order chi connectivity index (χ0) is 12.8. The van der Waals surface area contributed by atoms with Gasteiger partial charge in [-0.25, -0.2) is 4.79 Å². The number of hydrogen-bond donors (Lipinski definition) is 1. The molecule has 0 spiro atoms. The maximum atomic E-state index is 11.4. The van der Waals surface area contributed by atoms with Crippen molar-refractivity contribution < 1.29 is 9.53 Å². The molecule has 1 aromatic rings. The first kappa shape index (κ1) is 13.6. The molecule has 1 rings (SSSR count). The van der Waals surface area contributed by atoms with E-state index < -0.39 is 6.09 Å². The van der Waals surface area contributed by atoms with Crippen molar-refractivity contribution in [2.24, 2.45) is 5.92 Å². The molecule has 17 heavy (non-hydrogen) atoms. The van der Waals surface area contributed by atoms with Crippen LogP contribution in [0.15, 0.2) is 24.3 Å². The Bertz CT molecular complexity index is 355. The van der Waals surface area contributed by atoms with Gasteiger partial charge in [-0.15, -0.1) is 0 Å². The lowest BCUT2D eigenvalue weighted by molar-refractivity contribution is 0.147. The molecule has 0 atom stereocenters. The van der Waals surface area contributed by atoms with Gasteiger partial charge in [0.1, 0.15) is 0 Å². The summed E-state index contributed by atoms with van der Waals surface area (Å²) >= 11 is 0. The summed E-state index contributed by atoms with van der Waals surface area (Å²) in [6.07, 6.45) is -0.393. The average Bonchev–Trinajstić information content (AvgIpc) is 2.27. The lowest BCUT2D eigenvalue weighted by Crippen LogP contribution is -2.16. The van der Waals surface area contributed by atoms with Gasteiger partial charge in [0, 0.05) is 5.69 Å². The van der Waals surface area contributed by atoms with E-state index in [-0.39, 0.29) is 0 Å². The molecule has 1 amide bonds. The molecule has 3 nitrogen and oxygen atoms in total. The van der Waals surface area contributed by atoms with Crippen LogP contribution in [-0.2, 0) is 4.74 Å². The Kier molecular flexibility index (Phi) is 5.01. The standard InChI is InChI=1S/C14H21NO2/c1-10(2)9-17-14(16)15-13-7-5-12(6-8-13)11(3)4/h5-8,10-11H,9H2,1-4H3,(H,15,16). The molecule has 0 saturated carbocycles. The molecule has 0 radical (unpaired) electrons. The summed E-state index contributed by atoms with van der Waals surface area (Å²) in [7, 11) is 0. The first-order valence-electron chi connectivity index (χ1n) is 6.02. The third-order valence-electron chi connectivity index (χ3n) is 2.37. The van der Waals surface area contributed by atoms with Crippen LogP contribution in [0, 0.1) is 5.92 Å². The van der Waals surface area contributed by atoms with E-state index in [1.54, 1.807) is 0 Å². The fraction of sp³-hybridized carbons (Fsp3) is 0.500. The maximum absolute atomic E-state index is 11.4. The minimum Gasteiger partial charge on any atom is -0.449 e. The van der Waals surface area contributed by atoms with Crippen LogP contribution in [0.3, 0.4) is 0 Å². The van der Waals surface area contributed by atoms with E-state index in [0.29, 0.717) is 18.4 Å². The van der Waals surface area contributed by atoms with Crippen LogP contribution in [0.1, 0.15) is 39.2 Å². The van der Waals surface area contributed by atoms with E-state index >= 15 is 0 Å². The molecule has 0 heterocycles. The number of ether oxygens (including phenoxy) is 1. The molecule has 0 fully saturated rings. The smallest absolute Gasteiger partial charge is 0.411 e. The van der Waals surface area contributed by atoms with Crippen LogP contribution in [0.2, 0.25) is 0 Å². The summed E-state index contributed by atoms with van der Waals surface area (Å²) < 4.78 is 5.04. The van der Waals surface area contributed by atoms with Crippen LogP contribution in [0.5, 0.6) is 0 Å². The molecular weight excluding hydrogens is 214 g/mol. The highest BCUT2D eigenvalue weighted by Crippen LogP contribution is 2.17. The number of benzene rings is 1. The molecule has 1 aromatic carbocycles. The van der Waals surface area contributed by atoms with Gasteiger partial charge in [-0.3, -0.25) is 5.32 Å². The summed E-state index contributed by atoms with van der Waals surface area (Å²) in [5, 5.41) is 2.70. The highest BCUT2D eigenvalue weighted by Gasteiger charge is 2.05. The van der Waals surface area contributed by atoms with E-state index in [2.05, 4.69) is 19.2 Å². The molecule has 0 aromatic heterocycles. The predicted octanol–water partition coefficient (Wildman–Crippen LogP) is 4.01. The van der Waals surface area contributed by atoms with Crippen LogP contribution in [0.25, 0.3) is 0 Å². The molecule has 0 aliphatic heterocycles. The van der Waals surface area contributed by atoms with Crippen molar-refractivity contribution in [3.63, 3.8) is 0 Å². The number of amides is 1. The fourth-order valence-electron chi connectivity index (χ4n) is 1.35. The third kappa shape index (κ3) is 4.89. The van der Waals surface area contributed by atoms with Crippen LogP contribution in [-0.4, -0.2) is 12.7 Å². The van der Waals surface area contributed by atoms with E-state index in [4.69, 9.17) is 4.74 Å². The molecule has 0 bridgehead atoms. The van der Waals surface area contributed by atoms with Gasteiger partial charge >= 0.3 is 6.09 Å². The molecule has 0 aliphatic carbocycles. The quantitative estimate of drug-likeness (QED) is 0.856. The number of carbonyl (C=O) groups excluding carboxylic acids is 1. The van der Waals surface area contributed by atoms with Gasteiger partial charge in [-0.2, -0.15) is 0 Å². The van der Waals surface area contributed by atoms with Crippen molar-refractivity contribution in [1.82, 2.24) is 0 Å². The number of nitrogens with one attached hydrogen (secondary N) is 1. The minimum absolute atomic E-state index is 0.351. The summed E-state index contributed by atoms with van der Waals surface area (Å²) in [4.78, 5) is 11.4. The Hall–Kier alpha value is -1.51. The van der Waals surface area contributed by atoms with Gasteiger partial charge in [-0.05, 0) is 29.5 Å². The fourth-order valence-corrected chi connectivity index (χ4v) is 1.35. The Morgan fingerprint density at radius 2 is 1.76 bits per heavy atom.